The number of benzene rings is 4. The summed E-state index contributed by atoms with van der Waals surface area (Å²) < 4.78 is 0. The van der Waals surface area contributed by atoms with Crippen molar-refractivity contribution in [3.05, 3.63) is 119 Å². The fraction of sp³-hybridized carbons (Fsp3) is 0.273. The lowest BCUT2D eigenvalue weighted by Gasteiger charge is -2.26. The second-order valence-electron chi connectivity index (χ2n) is 10.0. The first-order valence-electron chi connectivity index (χ1n) is 13.8. The molecule has 4 rings (SSSR count). The van der Waals surface area contributed by atoms with Crippen molar-refractivity contribution in [3.8, 4) is 0 Å². The molecular weight excluding hydrogens is 500 g/mol. The molecular formula is C33H38N4O3. The standard InChI is InChI=1S/C33H38N4O3/c1-25(30-15-9-13-29-12-5-6-14-31(29)30)36-32(38)37(21-8-7-20-35-33(39)40)24-28-18-16-27(17-19-28)23-34-22-26-10-3-2-4-11-26/h2-6,9-19,25,34-35H,7-8,20-24H2,1H3,(H,36,38)(H,39,40). The van der Waals surface area contributed by atoms with Crippen LogP contribution in [-0.2, 0) is 19.6 Å². The molecule has 0 aliphatic rings. The van der Waals surface area contributed by atoms with Gasteiger partial charge in [-0.3, -0.25) is 0 Å². The summed E-state index contributed by atoms with van der Waals surface area (Å²) in [6.07, 6.45) is 0.315. The minimum atomic E-state index is -1.03. The molecule has 4 N–H and O–H groups in total. The third-order valence-electron chi connectivity index (χ3n) is 6.95. The number of urea groups is 1. The van der Waals surface area contributed by atoms with Gasteiger partial charge < -0.3 is 26.0 Å². The number of amides is 3. The molecule has 7 heteroatoms. The summed E-state index contributed by atoms with van der Waals surface area (Å²) >= 11 is 0. The van der Waals surface area contributed by atoms with Crippen LogP contribution in [0.2, 0.25) is 0 Å². The van der Waals surface area contributed by atoms with Crippen LogP contribution in [0.1, 0.15) is 48.1 Å². The fourth-order valence-electron chi connectivity index (χ4n) is 4.79. The summed E-state index contributed by atoms with van der Waals surface area (Å²) in [4.78, 5) is 26.1. The van der Waals surface area contributed by atoms with Crippen LogP contribution in [-0.4, -0.2) is 35.2 Å². The largest absolute Gasteiger partial charge is 0.465 e. The van der Waals surface area contributed by atoms with E-state index in [2.05, 4.69) is 76.6 Å². The number of nitrogens with one attached hydrogen (secondary N) is 3. The zero-order chi connectivity index (χ0) is 28.2. The van der Waals surface area contributed by atoms with Gasteiger partial charge in [0.15, 0.2) is 0 Å². The molecule has 0 aliphatic heterocycles. The predicted octanol–water partition coefficient (Wildman–Crippen LogP) is 6.45. The van der Waals surface area contributed by atoms with Crippen molar-refractivity contribution < 1.29 is 14.7 Å². The second-order valence-corrected chi connectivity index (χ2v) is 10.0. The highest BCUT2D eigenvalue weighted by Crippen LogP contribution is 2.24. The summed E-state index contributed by atoms with van der Waals surface area (Å²) in [5.41, 5.74) is 4.55. The average molecular weight is 539 g/mol. The Labute approximate surface area is 236 Å². The van der Waals surface area contributed by atoms with Gasteiger partial charge in [0, 0.05) is 32.7 Å². The Bertz CT molecular complexity index is 1370. The molecule has 0 saturated carbocycles. The normalized spacial score (nSPS) is 11.6. The van der Waals surface area contributed by atoms with Crippen LogP contribution in [0.15, 0.2) is 97.1 Å². The van der Waals surface area contributed by atoms with Crippen LogP contribution in [0, 0.1) is 0 Å². The first kappa shape index (κ1) is 28.6. The SMILES string of the molecule is CC(NC(=O)N(CCCCNC(=O)O)Cc1ccc(CNCc2ccccc2)cc1)c1cccc2ccccc12. The first-order valence-corrected chi connectivity index (χ1v) is 13.8. The minimum absolute atomic E-state index is 0.139. The molecule has 0 aromatic heterocycles. The van der Waals surface area contributed by atoms with E-state index in [1.54, 1.807) is 0 Å². The van der Waals surface area contributed by atoms with Crippen molar-refractivity contribution >= 4 is 22.9 Å². The monoisotopic (exact) mass is 538 g/mol. The number of rotatable bonds is 13. The van der Waals surface area contributed by atoms with E-state index in [9.17, 15) is 9.59 Å². The van der Waals surface area contributed by atoms with Crippen molar-refractivity contribution in [2.45, 2.75) is 45.4 Å². The van der Waals surface area contributed by atoms with Gasteiger partial charge in [0.25, 0.3) is 0 Å². The fourth-order valence-corrected chi connectivity index (χ4v) is 4.79. The van der Waals surface area contributed by atoms with Crippen LogP contribution in [0.5, 0.6) is 0 Å². The highest BCUT2D eigenvalue weighted by Gasteiger charge is 2.18. The lowest BCUT2D eigenvalue weighted by Crippen LogP contribution is -2.41. The quantitative estimate of drug-likeness (QED) is 0.147. The number of nitrogens with zero attached hydrogens (tertiary/aromatic N) is 1. The summed E-state index contributed by atoms with van der Waals surface area (Å²) in [5, 5.41) is 20.2. The molecule has 0 bridgehead atoms. The zero-order valence-electron chi connectivity index (χ0n) is 23.0. The molecule has 0 heterocycles. The van der Waals surface area contributed by atoms with Crippen molar-refractivity contribution in [2.24, 2.45) is 0 Å². The van der Waals surface area contributed by atoms with Gasteiger partial charge in [-0.05, 0) is 52.8 Å². The molecule has 3 amide bonds. The maximum atomic E-state index is 13.5. The van der Waals surface area contributed by atoms with Gasteiger partial charge in [-0.15, -0.1) is 0 Å². The first-order chi connectivity index (χ1) is 19.5. The lowest BCUT2D eigenvalue weighted by molar-refractivity contribution is 0.188. The molecule has 0 aliphatic carbocycles. The Kier molecular flexibility index (Phi) is 10.5. The van der Waals surface area contributed by atoms with E-state index in [4.69, 9.17) is 5.11 Å². The molecule has 4 aromatic carbocycles. The second kappa shape index (κ2) is 14.7. The van der Waals surface area contributed by atoms with E-state index in [-0.39, 0.29) is 12.1 Å². The number of carbonyl (C=O) groups excluding carboxylic acids is 1. The number of hydrogen-bond donors (Lipinski definition) is 4. The van der Waals surface area contributed by atoms with Gasteiger partial charge >= 0.3 is 12.1 Å². The van der Waals surface area contributed by atoms with E-state index in [1.165, 1.54) is 11.1 Å². The van der Waals surface area contributed by atoms with E-state index >= 15 is 0 Å². The van der Waals surface area contributed by atoms with Crippen molar-refractivity contribution in [1.29, 1.82) is 0 Å². The van der Waals surface area contributed by atoms with Crippen LogP contribution < -0.4 is 16.0 Å². The van der Waals surface area contributed by atoms with Crippen LogP contribution in [0.4, 0.5) is 9.59 Å². The lowest BCUT2D eigenvalue weighted by atomic mass is 10.00. The summed E-state index contributed by atoms with van der Waals surface area (Å²) in [7, 11) is 0. The number of hydrogen-bond acceptors (Lipinski definition) is 3. The Balaban J connectivity index is 1.38. The van der Waals surface area contributed by atoms with Crippen molar-refractivity contribution in [1.82, 2.24) is 20.9 Å². The van der Waals surface area contributed by atoms with Crippen LogP contribution in [0.25, 0.3) is 10.8 Å². The number of fused-ring (bicyclic) bond motifs is 1. The molecule has 40 heavy (non-hydrogen) atoms. The summed E-state index contributed by atoms with van der Waals surface area (Å²) in [6.45, 7) is 4.93. The Morgan fingerprint density at radius 3 is 2.17 bits per heavy atom. The third-order valence-corrected chi connectivity index (χ3v) is 6.95. The van der Waals surface area contributed by atoms with Gasteiger partial charge in [0.2, 0.25) is 0 Å². The van der Waals surface area contributed by atoms with E-state index < -0.39 is 6.09 Å². The predicted molar refractivity (Wildman–Crippen MR) is 160 cm³/mol. The summed E-state index contributed by atoms with van der Waals surface area (Å²) in [6, 6.07) is 32.7. The average Bonchev–Trinajstić information content (AvgIpc) is 2.97. The Morgan fingerprint density at radius 2 is 1.43 bits per heavy atom. The minimum Gasteiger partial charge on any atom is -0.465 e. The van der Waals surface area contributed by atoms with Gasteiger partial charge in [0.05, 0.1) is 6.04 Å². The molecule has 0 saturated heterocycles. The molecule has 1 atom stereocenters. The number of unbranched alkanes of at least 4 members (excludes halogenated alkanes) is 1. The molecule has 4 aromatic rings. The van der Waals surface area contributed by atoms with Crippen LogP contribution >= 0.6 is 0 Å². The Hall–Kier alpha value is -4.36. The van der Waals surface area contributed by atoms with E-state index in [1.807, 2.05) is 48.2 Å². The Morgan fingerprint density at radius 1 is 0.775 bits per heavy atom. The van der Waals surface area contributed by atoms with Crippen molar-refractivity contribution in [2.75, 3.05) is 13.1 Å². The van der Waals surface area contributed by atoms with Gasteiger partial charge in [0.1, 0.15) is 0 Å². The maximum Gasteiger partial charge on any atom is 0.404 e. The van der Waals surface area contributed by atoms with E-state index in [0.717, 1.165) is 35.0 Å². The number of carbonyl (C=O) groups is 2. The molecule has 7 nitrogen and oxygen atoms in total. The maximum absolute atomic E-state index is 13.5. The van der Waals surface area contributed by atoms with E-state index in [0.29, 0.717) is 32.5 Å². The number of carboxylic acid groups (broad SMARTS) is 1. The topological polar surface area (TPSA) is 93.7 Å². The molecule has 1 unspecified atom stereocenters. The van der Waals surface area contributed by atoms with Crippen LogP contribution in [0.3, 0.4) is 0 Å². The molecule has 0 fully saturated rings. The molecule has 0 spiro atoms. The summed E-state index contributed by atoms with van der Waals surface area (Å²) in [5.74, 6) is 0. The van der Waals surface area contributed by atoms with Gasteiger partial charge in [-0.1, -0.05) is 97.1 Å². The third kappa shape index (κ3) is 8.58. The van der Waals surface area contributed by atoms with Gasteiger partial charge in [-0.25, -0.2) is 9.59 Å². The molecule has 208 valence electrons. The molecule has 0 radical (unpaired) electrons. The van der Waals surface area contributed by atoms with Gasteiger partial charge in [-0.2, -0.15) is 0 Å². The van der Waals surface area contributed by atoms with Crippen molar-refractivity contribution in [3.63, 3.8) is 0 Å². The smallest absolute Gasteiger partial charge is 0.404 e. The highest BCUT2D eigenvalue weighted by molar-refractivity contribution is 5.86. The zero-order valence-corrected chi connectivity index (χ0v) is 23.0. The highest BCUT2D eigenvalue weighted by atomic mass is 16.4.